The molecule has 0 aliphatic heterocycles. The topological polar surface area (TPSA) is 86.8 Å². The number of nitrogens with one attached hydrogen (secondary N) is 1. The van der Waals surface area contributed by atoms with Gasteiger partial charge in [0.25, 0.3) is 10.0 Å². The zero-order valence-corrected chi connectivity index (χ0v) is 26.3. The van der Waals surface area contributed by atoms with E-state index in [1.807, 2.05) is 38.1 Å². The van der Waals surface area contributed by atoms with Crippen LogP contribution in [0.15, 0.2) is 77.7 Å². The van der Waals surface area contributed by atoms with Gasteiger partial charge >= 0.3 is 0 Å². The summed E-state index contributed by atoms with van der Waals surface area (Å²) in [5, 5.41) is 3.57. The van der Waals surface area contributed by atoms with Crippen LogP contribution < -0.4 is 9.62 Å². The summed E-state index contributed by atoms with van der Waals surface area (Å²) in [4.78, 5) is 29.3. The minimum absolute atomic E-state index is 0.0241. The number of hydrogen-bond donors (Lipinski definition) is 1. The monoisotopic (exact) mass is 629 g/mol. The Morgan fingerprint density at radius 1 is 0.929 bits per heavy atom. The molecule has 0 bridgehead atoms. The first kappa shape index (κ1) is 31.9. The Morgan fingerprint density at radius 2 is 1.60 bits per heavy atom. The van der Waals surface area contributed by atoms with E-state index in [9.17, 15) is 18.0 Å². The number of hydrogen-bond acceptors (Lipinski definition) is 4. The third kappa shape index (κ3) is 7.85. The van der Waals surface area contributed by atoms with Crippen LogP contribution >= 0.6 is 23.2 Å². The molecule has 3 aromatic rings. The van der Waals surface area contributed by atoms with Crippen molar-refractivity contribution in [3.05, 3.63) is 94.0 Å². The highest BCUT2D eigenvalue weighted by molar-refractivity contribution is 7.92. The maximum atomic E-state index is 14.2. The SMILES string of the molecule is CCC(C(=O)NC1CCCCC1)N(Cc1ccc(C)cc1)C(=O)CN(c1ccc(Cl)c(Cl)c1)S(=O)(=O)c1ccccc1. The van der Waals surface area contributed by atoms with Gasteiger partial charge in [0, 0.05) is 12.6 Å². The number of halogens is 2. The quantitative estimate of drug-likeness (QED) is 0.254. The second-order valence-electron chi connectivity index (χ2n) is 10.7. The van der Waals surface area contributed by atoms with E-state index >= 15 is 0 Å². The highest BCUT2D eigenvalue weighted by Crippen LogP contribution is 2.31. The van der Waals surface area contributed by atoms with Gasteiger partial charge in [-0.2, -0.15) is 0 Å². The lowest BCUT2D eigenvalue weighted by atomic mass is 9.95. The number of carbonyl (C=O) groups is 2. The van der Waals surface area contributed by atoms with Crippen LogP contribution in [0.5, 0.6) is 0 Å². The molecule has 2 amide bonds. The second kappa shape index (κ2) is 14.4. The van der Waals surface area contributed by atoms with Crippen LogP contribution in [0.2, 0.25) is 10.0 Å². The highest BCUT2D eigenvalue weighted by Gasteiger charge is 2.34. The summed E-state index contributed by atoms with van der Waals surface area (Å²) in [6, 6.07) is 19.3. The predicted octanol–water partition coefficient (Wildman–Crippen LogP) is 6.75. The number of benzene rings is 3. The van der Waals surface area contributed by atoms with Crippen molar-refractivity contribution in [1.29, 1.82) is 0 Å². The maximum absolute atomic E-state index is 14.2. The first-order valence-corrected chi connectivity index (χ1v) is 16.5. The van der Waals surface area contributed by atoms with E-state index in [0.717, 1.165) is 47.5 Å². The molecule has 1 fully saturated rings. The maximum Gasteiger partial charge on any atom is 0.264 e. The molecule has 3 aromatic carbocycles. The molecular weight excluding hydrogens is 593 g/mol. The van der Waals surface area contributed by atoms with Gasteiger partial charge < -0.3 is 10.2 Å². The fraction of sp³-hybridized carbons (Fsp3) is 0.375. The van der Waals surface area contributed by atoms with Crippen molar-refractivity contribution in [1.82, 2.24) is 10.2 Å². The summed E-state index contributed by atoms with van der Waals surface area (Å²) in [5.41, 5.74) is 2.10. The fourth-order valence-electron chi connectivity index (χ4n) is 5.24. The molecule has 0 radical (unpaired) electrons. The summed E-state index contributed by atoms with van der Waals surface area (Å²) in [6.45, 7) is 3.45. The van der Waals surface area contributed by atoms with Crippen LogP contribution in [0.3, 0.4) is 0 Å². The fourth-order valence-corrected chi connectivity index (χ4v) is 6.96. The molecule has 10 heteroatoms. The number of rotatable bonds is 11. The zero-order valence-electron chi connectivity index (χ0n) is 23.9. The molecule has 1 saturated carbocycles. The van der Waals surface area contributed by atoms with E-state index in [-0.39, 0.29) is 39.1 Å². The summed E-state index contributed by atoms with van der Waals surface area (Å²) in [5.74, 6) is -0.733. The van der Waals surface area contributed by atoms with Gasteiger partial charge in [0.2, 0.25) is 11.8 Å². The van der Waals surface area contributed by atoms with Crippen LogP contribution in [0, 0.1) is 6.92 Å². The van der Waals surface area contributed by atoms with Crippen molar-refractivity contribution >= 4 is 50.7 Å². The number of carbonyl (C=O) groups excluding carboxylic acids is 2. The first-order chi connectivity index (χ1) is 20.1. The molecule has 1 N–H and O–H groups in total. The van der Waals surface area contributed by atoms with E-state index in [0.29, 0.717) is 6.42 Å². The Hall–Kier alpha value is -3.07. The number of anilines is 1. The van der Waals surface area contributed by atoms with Crippen molar-refractivity contribution in [2.24, 2.45) is 0 Å². The van der Waals surface area contributed by atoms with Crippen molar-refractivity contribution in [3.8, 4) is 0 Å². The molecule has 224 valence electrons. The minimum Gasteiger partial charge on any atom is -0.352 e. The normalized spacial score (nSPS) is 14.7. The van der Waals surface area contributed by atoms with Gasteiger partial charge in [-0.15, -0.1) is 0 Å². The van der Waals surface area contributed by atoms with Crippen molar-refractivity contribution in [2.45, 2.75) is 75.9 Å². The summed E-state index contributed by atoms with van der Waals surface area (Å²) in [7, 11) is -4.18. The second-order valence-corrected chi connectivity index (χ2v) is 13.4. The average molecular weight is 631 g/mol. The van der Waals surface area contributed by atoms with Crippen LogP contribution in [-0.4, -0.2) is 43.8 Å². The molecular formula is C32H37Cl2N3O4S. The summed E-state index contributed by atoms with van der Waals surface area (Å²) < 4.78 is 28.9. The van der Waals surface area contributed by atoms with Crippen LogP contribution in [0.1, 0.15) is 56.6 Å². The van der Waals surface area contributed by atoms with E-state index < -0.39 is 28.5 Å². The molecule has 0 heterocycles. The van der Waals surface area contributed by atoms with Crippen molar-refractivity contribution in [3.63, 3.8) is 0 Å². The first-order valence-electron chi connectivity index (χ1n) is 14.3. The molecule has 4 rings (SSSR count). The molecule has 42 heavy (non-hydrogen) atoms. The molecule has 1 atom stereocenters. The van der Waals surface area contributed by atoms with Gasteiger partial charge in [-0.25, -0.2) is 8.42 Å². The highest BCUT2D eigenvalue weighted by atomic mass is 35.5. The van der Waals surface area contributed by atoms with E-state index in [1.54, 1.807) is 18.2 Å². The van der Waals surface area contributed by atoms with Crippen LogP contribution in [0.25, 0.3) is 0 Å². The Morgan fingerprint density at radius 3 is 2.21 bits per heavy atom. The molecule has 1 unspecified atom stereocenters. The van der Waals surface area contributed by atoms with Crippen LogP contribution in [-0.2, 0) is 26.2 Å². The van der Waals surface area contributed by atoms with Gasteiger partial charge in [-0.05, 0) is 62.1 Å². The third-order valence-electron chi connectivity index (χ3n) is 7.61. The standard InChI is InChI=1S/C32H37Cl2N3O4S/c1-3-30(32(39)35-25-10-6-4-7-11-25)36(21-24-16-14-23(2)15-17-24)31(38)22-37(26-18-19-28(33)29(34)20-26)42(40,41)27-12-8-5-9-13-27/h5,8-9,12-20,25,30H,3-4,6-7,10-11,21-22H2,1-2H3,(H,35,39). The van der Waals surface area contributed by atoms with Gasteiger partial charge in [0.05, 0.1) is 20.6 Å². The number of amides is 2. The predicted molar refractivity (Wildman–Crippen MR) is 168 cm³/mol. The molecule has 1 aliphatic carbocycles. The smallest absolute Gasteiger partial charge is 0.264 e. The van der Waals surface area contributed by atoms with Gasteiger partial charge in [0.1, 0.15) is 12.6 Å². The summed E-state index contributed by atoms with van der Waals surface area (Å²) in [6.07, 6.45) is 5.47. The molecule has 7 nitrogen and oxygen atoms in total. The molecule has 0 aromatic heterocycles. The molecule has 0 saturated heterocycles. The van der Waals surface area contributed by atoms with Gasteiger partial charge in [0.15, 0.2) is 0 Å². The number of nitrogens with zero attached hydrogens (tertiary/aromatic N) is 2. The van der Waals surface area contributed by atoms with Gasteiger partial charge in [-0.3, -0.25) is 13.9 Å². The van der Waals surface area contributed by atoms with Crippen molar-refractivity contribution < 1.29 is 18.0 Å². The Kier molecular flexibility index (Phi) is 10.9. The zero-order chi connectivity index (χ0) is 30.3. The molecule has 0 spiro atoms. The Balaban J connectivity index is 1.71. The number of aryl methyl sites for hydroxylation is 1. The summed E-state index contributed by atoms with van der Waals surface area (Å²) >= 11 is 12.4. The van der Waals surface area contributed by atoms with E-state index in [2.05, 4.69) is 5.32 Å². The van der Waals surface area contributed by atoms with E-state index in [4.69, 9.17) is 23.2 Å². The lowest BCUT2D eigenvalue weighted by Crippen LogP contribution is -2.54. The largest absolute Gasteiger partial charge is 0.352 e. The third-order valence-corrected chi connectivity index (χ3v) is 10.1. The van der Waals surface area contributed by atoms with Crippen LogP contribution in [0.4, 0.5) is 5.69 Å². The Labute approximate surface area is 258 Å². The Bertz CT molecular complexity index is 1480. The lowest BCUT2D eigenvalue weighted by Gasteiger charge is -2.34. The lowest BCUT2D eigenvalue weighted by molar-refractivity contribution is -0.140. The minimum atomic E-state index is -4.18. The van der Waals surface area contributed by atoms with E-state index in [1.165, 1.54) is 35.2 Å². The van der Waals surface area contributed by atoms with Crippen molar-refractivity contribution in [2.75, 3.05) is 10.8 Å². The molecule has 1 aliphatic rings. The average Bonchev–Trinajstić information content (AvgIpc) is 2.99. The van der Waals surface area contributed by atoms with Gasteiger partial charge in [-0.1, -0.05) is 97.4 Å². The number of sulfonamides is 1.